The van der Waals surface area contributed by atoms with E-state index in [4.69, 9.17) is 0 Å². The maximum Gasteiger partial charge on any atom is 0.250 e. The Morgan fingerprint density at radius 1 is 1.28 bits per heavy atom. The molecule has 9 heteroatoms. The third kappa shape index (κ3) is 5.45. The molecule has 0 fully saturated rings. The van der Waals surface area contributed by atoms with Crippen molar-refractivity contribution in [2.24, 2.45) is 5.10 Å². The largest absolute Gasteiger partial charge is 0.272 e. The van der Waals surface area contributed by atoms with E-state index in [2.05, 4.69) is 41.6 Å². The maximum atomic E-state index is 11.8. The van der Waals surface area contributed by atoms with Crippen LogP contribution in [0.2, 0.25) is 0 Å². The van der Waals surface area contributed by atoms with Crippen molar-refractivity contribution < 1.29 is 4.79 Å². The minimum atomic E-state index is -0.203. The predicted molar refractivity (Wildman–Crippen MR) is 104 cm³/mol. The molecule has 126 valence electrons. The van der Waals surface area contributed by atoms with Crippen molar-refractivity contribution in [3.05, 3.63) is 58.7 Å². The van der Waals surface area contributed by atoms with Gasteiger partial charge in [-0.05, 0) is 29.8 Å². The Kier molecular flexibility index (Phi) is 6.26. The number of aromatic nitrogens is 3. The van der Waals surface area contributed by atoms with Gasteiger partial charge in [-0.15, -0.1) is 10.2 Å². The Balaban J connectivity index is 1.49. The molecule has 0 spiro atoms. The molecule has 0 saturated carbocycles. The van der Waals surface area contributed by atoms with Crippen molar-refractivity contribution in [1.29, 1.82) is 0 Å². The molecule has 1 amide bonds. The monoisotopic (exact) mass is 433 g/mol. The Hall–Kier alpha value is -2.10. The third-order valence-electron chi connectivity index (χ3n) is 2.87. The summed E-state index contributed by atoms with van der Waals surface area (Å²) < 4.78 is 1.67. The first-order chi connectivity index (χ1) is 12.2. The summed E-state index contributed by atoms with van der Waals surface area (Å²) in [5, 5.41) is 12.8. The molecule has 1 N–H and O–H groups in total. The number of amides is 1. The Morgan fingerprint density at radius 3 is 3.00 bits per heavy atom. The number of hydrazone groups is 1. The van der Waals surface area contributed by atoms with Gasteiger partial charge in [-0.25, -0.2) is 5.43 Å². The molecular weight excluding hydrogens is 422 g/mol. The lowest BCUT2D eigenvalue weighted by Crippen LogP contribution is -2.19. The fourth-order valence-corrected chi connectivity index (χ4v) is 3.82. The van der Waals surface area contributed by atoms with E-state index in [1.807, 2.05) is 42.5 Å². The second kappa shape index (κ2) is 8.84. The van der Waals surface area contributed by atoms with Gasteiger partial charge in [0.2, 0.25) is 0 Å². The standard InChI is InChI=1S/C16H12BrN5OS2/c17-12-5-3-4-11(8-12)9-19-20-14(23)10-24-16-22-21-15(25-16)13-6-1-2-7-18-13/h1-9H,10H2,(H,20,23)/b19-9+. The molecule has 25 heavy (non-hydrogen) atoms. The highest BCUT2D eigenvalue weighted by Crippen LogP contribution is 2.27. The SMILES string of the molecule is O=C(CSc1nnc(-c2ccccn2)s1)N/N=C/c1cccc(Br)c1. The number of hydrogen-bond donors (Lipinski definition) is 1. The number of benzene rings is 1. The fourth-order valence-electron chi connectivity index (χ4n) is 1.79. The number of pyridine rings is 1. The number of carbonyl (C=O) groups excluding carboxylic acids is 1. The summed E-state index contributed by atoms with van der Waals surface area (Å²) in [7, 11) is 0. The van der Waals surface area contributed by atoms with E-state index in [-0.39, 0.29) is 11.7 Å². The van der Waals surface area contributed by atoms with Crippen molar-refractivity contribution >= 4 is 51.2 Å². The molecule has 3 aromatic rings. The molecule has 6 nitrogen and oxygen atoms in total. The van der Waals surface area contributed by atoms with Crippen LogP contribution in [0.1, 0.15) is 5.56 Å². The van der Waals surface area contributed by atoms with Crippen molar-refractivity contribution in [3.8, 4) is 10.7 Å². The van der Waals surface area contributed by atoms with E-state index in [1.54, 1.807) is 12.4 Å². The zero-order chi connectivity index (χ0) is 17.5. The van der Waals surface area contributed by atoms with Crippen molar-refractivity contribution in [1.82, 2.24) is 20.6 Å². The van der Waals surface area contributed by atoms with Crippen LogP contribution in [0.15, 0.2) is 62.6 Å². The number of carbonyl (C=O) groups is 1. The predicted octanol–water partition coefficient (Wildman–Crippen LogP) is 3.61. The minimum Gasteiger partial charge on any atom is -0.272 e. The molecule has 0 atom stereocenters. The van der Waals surface area contributed by atoms with Crippen LogP contribution >= 0.6 is 39.0 Å². The minimum absolute atomic E-state index is 0.203. The third-order valence-corrected chi connectivity index (χ3v) is 5.44. The van der Waals surface area contributed by atoms with Gasteiger partial charge in [0, 0.05) is 10.7 Å². The van der Waals surface area contributed by atoms with Crippen LogP contribution < -0.4 is 5.43 Å². The molecule has 1 aromatic carbocycles. The second-order valence-corrected chi connectivity index (χ2v) is 7.84. The number of hydrogen-bond acceptors (Lipinski definition) is 7. The number of rotatable bonds is 6. The van der Waals surface area contributed by atoms with Gasteiger partial charge in [-0.3, -0.25) is 9.78 Å². The first-order valence-electron chi connectivity index (χ1n) is 7.16. The molecule has 0 aliphatic heterocycles. The Morgan fingerprint density at radius 2 is 2.20 bits per heavy atom. The number of halogens is 1. The molecular formula is C16H12BrN5OS2. The molecule has 0 unspecified atom stereocenters. The van der Waals surface area contributed by atoms with E-state index in [1.165, 1.54) is 23.1 Å². The highest BCUT2D eigenvalue weighted by Gasteiger charge is 2.09. The average molecular weight is 434 g/mol. The highest BCUT2D eigenvalue weighted by molar-refractivity contribution is 9.10. The first-order valence-corrected chi connectivity index (χ1v) is 9.75. The summed E-state index contributed by atoms with van der Waals surface area (Å²) in [6, 6.07) is 13.2. The topological polar surface area (TPSA) is 80.1 Å². The smallest absolute Gasteiger partial charge is 0.250 e. The number of nitrogens with zero attached hydrogens (tertiary/aromatic N) is 4. The maximum absolute atomic E-state index is 11.8. The van der Waals surface area contributed by atoms with Crippen molar-refractivity contribution in [3.63, 3.8) is 0 Å². The molecule has 0 aliphatic carbocycles. The molecule has 0 aliphatic rings. The van der Waals surface area contributed by atoms with Crippen LogP contribution in [0.4, 0.5) is 0 Å². The van der Waals surface area contributed by atoms with Gasteiger partial charge in [0.15, 0.2) is 9.35 Å². The highest BCUT2D eigenvalue weighted by atomic mass is 79.9. The lowest BCUT2D eigenvalue weighted by atomic mass is 10.2. The van der Waals surface area contributed by atoms with Crippen LogP contribution in [0.25, 0.3) is 10.7 Å². The number of thioether (sulfide) groups is 1. The molecule has 0 bridgehead atoms. The molecule has 3 rings (SSSR count). The Bertz CT molecular complexity index is 885. The summed E-state index contributed by atoms with van der Waals surface area (Å²) in [5.41, 5.74) is 4.17. The van der Waals surface area contributed by atoms with Crippen LogP contribution in [0.3, 0.4) is 0 Å². The van der Waals surface area contributed by atoms with Gasteiger partial charge < -0.3 is 0 Å². The van der Waals surface area contributed by atoms with E-state index >= 15 is 0 Å². The summed E-state index contributed by atoms with van der Waals surface area (Å²) in [6.07, 6.45) is 3.30. The van der Waals surface area contributed by atoms with E-state index in [0.717, 1.165) is 20.7 Å². The normalized spacial score (nSPS) is 10.9. The van der Waals surface area contributed by atoms with Crippen LogP contribution in [-0.2, 0) is 4.79 Å². The first kappa shape index (κ1) is 17.7. The van der Waals surface area contributed by atoms with Gasteiger partial charge in [0.25, 0.3) is 5.91 Å². The quantitative estimate of drug-likeness (QED) is 0.364. The van der Waals surface area contributed by atoms with Crippen molar-refractivity contribution in [2.45, 2.75) is 4.34 Å². The zero-order valence-corrected chi connectivity index (χ0v) is 16.0. The average Bonchev–Trinajstić information content (AvgIpc) is 3.10. The second-order valence-electron chi connectivity index (χ2n) is 4.72. The van der Waals surface area contributed by atoms with Crippen LogP contribution in [-0.4, -0.2) is 33.1 Å². The number of nitrogens with one attached hydrogen (secondary N) is 1. The summed E-state index contributed by atoms with van der Waals surface area (Å²) in [6.45, 7) is 0. The molecule has 2 aromatic heterocycles. The van der Waals surface area contributed by atoms with Gasteiger partial charge in [-0.2, -0.15) is 5.10 Å². The lowest BCUT2D eigenvalue weighted by Gasteiger charge is -1.98. The van der Waals surface area contributed by atoms with E-state index < -0.39 is 0 Å². The summed E-state index contributed by atoms with van der Waals surface area (Å²) in [4.78, 5) is 16.1. The fraction of sp³-hybridized carbons (Fsp3) is 0.0625. The molecule has 0 saturated heterocycles. The molecule has 0 radical (unpaired) electrons. The van der Waals surface area contributed by atoms with E-state index in [0.29, 0.717) is 4.34 Å². The lowest BCUT2D eigenvalue weighted by molar-refractivity contribution is -0.118. The van der Waals surface area contributed by atoms with Crippen molar-refractivity contribution in [2.75, 3.05) is 5.75 Å². The summed E-state index contributed by atoms with van der Waals surface area (Å²) in [5.74, 6) is 0.0120. The van der Waals surface area contributed by atoms with Crippen LogP contribution in [0.5, 0.6) is 0 Å². The van der Waals surface area contributed by atoms with Gasteiger partial charge in [-0.1, -0.05) is 57.2 Å². The van der Waals surface area contributed by atoms with Crippen LogP contribution in [0, 0.1) is 0 Å². The van der Waals surface area contributed by atoms with Gasteiger partial charge in [0.1, 0.15) is 5.69 Å². The Labute approximate surface area is 160 Å². The summed E-state index contributed by atoms with van der Waals surface area (Å²) >= 11 is 6.11. The van der Waals surface area contributed by atoms with E-state index in [9.17, 15) is 4.79 Å². The van der Waals surface area contributed by atoms with Gasteiger partial charge >= 0.3 is 0 Å². The van der Waals surface area contributed by atoms with Gasteiger partial charge in [0.05, 0.1) is 12.0 Å². The molecule has 2 heterocycles. The zero-order valence-electron chi connectivity index (χ0n) is 12.8.